The van der Waals surface area contributed by atoms with Crippen molar-refractivity contribution in [2.75, 3.05) is 0 Å². The van der Waals surface area contributed by atoms with E-state index in [1.807, 2.05) is 11.7 Å². The molecule has 0 saturated heterocycles. The molecule has 4 heteroatoms. The van der Waals surface area contributed by atoms with Crippen LogP contribution < -0.4 is 5.73 Å². The fourth-order valence-electron chi connectivity index (χ4n) is 4.02. The van der Waals surface area contributed by atoms with E-state index in [0.29, 0.717) is 5.92 Å². The Hall–Kier alpha value is -0.900. The first-order valence-corrected chi connectivity index (χ1v) is 8.32. The molecule has 1 aromatic heterocycles. The highest BCUT2D eigenvalue weighted by molar-refractivity contribution is 5.11. The van der Waals surface area contributed by atoms with Crippen LogP contribution in [0, 0.1) is 5.92 Å². The van der Waals surface area contributed by atoms with Crippen LogP contribution in [0.3, 0.4) is 0 Å². The molecule has 0 amide bonds. The van der Waals surface area contributed by atoms with Gasteiger partial charge in [-0.15, -0.1) is 0 Å². The third kappa shape index (κ3) is 2.50. The summed E-state index contributed by atoms with van der Waals surface area (Å²) < 4.78 is 1.96. The van der Waals surface area contributed by atoms with E-state index in [9.17, 15) is 0 Å². The molecule has 1 aromatic rings. The fraction of sp³-hybridized carbons (Fsp3) is 0.875. The monoisotopic (exact) mass is 276 g/mol. The average Bonchev–Trinajstić information content (AvgIpc) is 3.08. The summed E-state index contributed by atoms with van der Waals surface area (Å²) in [6.45, 7) is 2.29. The third-order valence-corrected chi connectivity index (χ3v) is 5.52. The summed E-state index contributed by atoms with van der Waals surface area (Å²) in [5.74, 6) is 3.50. The highest BCUT2D eigenvalue weighted by atomic mass is 15.3. The molecule has 0 spiro atoms. The molecule has 0 aromatic carbocycles. The number of aryl methyl sites for hydroxylation is 1. The van der Waals surface area contributed by atoms with E-state index in [1.165, 1.54) is 44.9 Å². The zero-order valence-electron chi connectivity index (χ0n) is 12.9. The summed E-state index contributed by atoms with van der Waals surface area (Å²) in [6, 6.07) is 0. The van der Waals surface area contributed by atoms with Gasteiger partial charge in [-0.1, -0.05) is 26.2 Å². The zero-order chi connectivity index (χ0) is 14.2. The Morgan fingerprint density at radius 3 is 2.45 bits per heavy atom. The number of rotatable bonds is 3. The molecule has 2 fully saturated rings. The van der Waals surface area contributed by atoms with Gasteiger partial charge in [0.1, 0.15) is 5.82 Å². The Kier molecular flexibility index (Phi) is 3.85. The molecule has 112 valence electrons. The van der Waals surface area contributed by atoms with Crippen LogP contribution in [0.5, 0.6) is 0 Å². The van der Waals surface area contributed by atoms with Crippen molar-refractivity contribution in [3.05, 3.63) is 11.6 Å². The fourth-order valence-corrected chi connectivity index (χ4v) is 4.02. The lowest BCUT2D eigenvalue weighted by atomic mass is 9.75. The van der Waals surface area contributed by atoms with Crippen LogP contribution in [-0.4, -0.2) is 14.8 Å². The summed E-state index contributed by atoms with van der Waals surface area (Å²) in [4.78, 5) is 4.86. The van der Waals surface area contributed by atoms with E-state index in [4.69, 9.17) is 10.7 Å². The largest absolute Gasteiger partial charge is 0.319 e. The molecule has 2 aliphatic carbocycles. The molecule has 0 unspecified atom stereocenters. The zero-order valence-corrected chi connectivity index (χ0v) is 12.9. The molecule has 2 saturated carbocycles. The standard InChI is InChI=1S/C16H28N4/c1-3-12-8-10-16(17,11-9-12)15-18-14(19-20(15)2)13-6-4-5-7-13/h12-13H,3-11,17H2,1-2H3. The van der Waals surface area contributed by atoms with Crippen LogP contribution >= 0.6 is 0 Å². The van der Waals surface area contributed by atoms with Gasteiger partial charge in [0.15, 0.2) is 5.82 Å². The molecular formula is C16H28N4. The number of aromatic nitrogens is 3. The summed E-state index contributed by atoms with van der Waals surface area (Å²) in [7, 11) is 2.02. The van der Waals surface area contributed by atoms with Crippen molar-refractivity contribution in [2.45, 2.75) is 76.2 Å². The van der Waals surface area contributed by atoms with Gasteiger partial charge < -0.3 is 5.73 Å². The van der Waals surface area contributed by atoms with Crippen molar-refractivity contribution < 1.29 is 0 Å². The van der Waals surface area contributed by atoms with Gasteiger partial charge in [0, 0.05) is 13.0 Å². The van der Waals surface area contributed by atoms with Crippen molar-refractivity contribution in [1.82, 2.24) is 14.8 Å². The Morgan fingerprint density at radius 1 is 1.20 bits per heavy atom. The van der Waals surface area contributed by atoms with Crippen molar-refractivity contribution in [3.63, 3.8) is 0 Å². The third-order valence-electron chi connectivity index (χ3n) is 5.52. The minimum atomic E-state index is -0.246. The molecule has 1 heterocycles. The quantitative estimate of drug-likeness (QED) is 0.922. The summed E-state index contributed by atoms with van der Waals surface area (Å²) >= 11 is 0. The van der Waals surface area contributed by atoms with Gasteiger partial charge >= 0.3 is 0 Å². The normalized spacial score (nSPS) is 31.9. The van der Waals surface area contributed by atoms with Gasteiger partial charge in [-0.3, -0.25) is 4.68 Å². The molecule has 2 N–H and O–H groups in total. The van der Waals surface area contributed by atoms with Crippen LogP contribution in [0.15, 0.2) is 0 Å². The predicted octanol–water partition coefficient (Wildman–Crippen LogP) is 3.23. The molecule has 3 rings (SSSR count). The Labute approximate surface area is 122 Å². The molecular weight excluding hydrogens is 248 g/mol. The molecule has 0 bridgehead atoms. The highest BCUT2D eigenvalue weighted by Gasteiger charge is 2.37. The van der Waals surface area contributed by atoms with E-state index < -0.39 is 0 Å². The van der Waals surface area contributed by atoms with E-state index in [-0.39, 0.29) is 5.54 Å². The second-order valence-electron chi connectivity index (χ2n) is 6.91. The number of nitrogens with zero attached hydrogens (tertiary/aromatic N) is 3. The van der Waals surface area contributed by atoms with Crippen molar-refractivity contribution >= 4 is 0 Å². The summed E-state index contributed by atoms with van der Waals surface area (Å²) in [5, 5.41) is 4.68. The molecule has 0 aliphatic heterocycles. The Morgan fingerprint density at radius 2 is 1.85 bits per heavy atom. The van der Waals surface area contributed by atoms with E-state index in [2.05, 4.69) is 12.0 Å². The van der Waals surface area contributed by atoms with Gasteiger partial charge in [0.05, 0.1) is 5.54 Å². The SMILES string of the molecule is CCC1CCC(N)(c2nc(C3CCCC3)nn2C)CC1. The minimum Gasteiger partial charge on any atom is -0.319 e. The van der Waals surface area contributed by atoms with Crippen molar-refractivity contribution in [2.24, 2.45) is 18.7 Å². The first-order valence-electron chi connectivity index (χ1n) is 8.32. The lowest BCUT2D eigenvalue weighted by molar-refractivity contribution is 0.217. The van der Waals surface area contributed by atoms with Crippen LogP contribution in [0.25, 0.3) is 0 Å². The molecule has 4 nitrogen and oxygen atoms in total. The second-order valence-corrected chi connectivity index (χ2v) is 6.91. The van der Waals surface area contributed by atoms with E-state index in [0.717, 1.165) is 30.4 Å². The van der Waals surface area contributed by atoms with E-state index in [1.54, 1.807) is 0 Å². The van der Waals surface area contributed by atoms with Crippen molar-refractivity contribution in [1.29, 1.82) is 0 Å². The van der Waals surface area contributed by atoms with Gasteiger partial charge in [-0.2, -0.15) is 5.10 Å². The first kappa shape index (κ1) is 14.1. The number of nitrogens with two attached hydrogens (primary N) is 1. The van der Waals surface area contributed by atoms with Gasteiger partial charge in [0.2, 0.25) is 0 Å². The number of hydrogen-bond donors (Lipinski definition) is 1. The Balaban J connectivity index is 1.79. The molecule has 0 atom stereocenters. The smallest absolute Gasteiger partial charge is 0.154 e. The van der Waals surface area contributed by atoms with Crippen LogP contribution in [0.4, 0.5) is 0 Å². The van der Waals surface area contributed by atoms with Gasteiger partial charge in [-0.25, -0.2) is 4.98 Å². The van der Waals surface area contributed by atoms with Crippen molar-refractivity contribution in [3.8, 4) is 0 Å². The lowest BCUT2D eigenvalue weighted by Crippen LogP contribution is -2.42. The number of hydrogen-bond acceptors (Lipinski definition) is 3. The highest BCUT2D eigenvalue weighted by Crippen LogP contribution is 2.39. The second kappa shape index (κ2) is 5.47. The van der Waals surface area contributed by atoms with Crippen LogP contribution in [0.2, 0.25) is 0 Å². The van der Waals surface area contributed by atoms with Crippen LogP contribution in [-0.2, 0) is 12.6 Å². The first-order chi connectivity index (χ1) is 9.62. The maximum absolute atomic E-state index is 6.69. The maximum atomic E-state index is 6.69. The summed E-state index contributed by atoms with van der Waals surface area (Å²) in [5.41, 5.74) is 6.44. The van der Waals surface area contributed by atoms with Gasteiger partial charge in [-0.05, 0) is 44.4 Å². The summed E-state index contributed by atoms with van der Waals surface area (Å²) in [6.07, 6.45) is 11.0. The lowest BCUT2D eigenvalue weighted by Gasteiger charge is -2.35. The van der Waals surface area contributed by atoms with Crippen LogP contribution in [0.1, 0.15) is 82.3 Å². The molecule has 0 radical (unpaired) electrons. The topological polar surface area (TPSA) is 56.7 Å². The maximum Gasteiger partial charge on any atom is 0.154 e. The van der Waals surface area contributed by atoms with Gasteiger partial charge in [0.25, 0.3) is 0 Å². The predicted molar refractivity (Wildman–Crippen MR) is 80.3 cm³/mol. The van der Waals surface area contributed by atoms with E-state index >= 15 is 0 Å². The minimum absolute atomic E-state index is 0.246. The molecule has 20 heavy (non-hydrogen) atoms. The Bertz CT molecular complexity index is 451. The average molecular weight is 276 g/mol. The molecule has 2 aliphatic rings.